The largest absolute Gasteiger partial charge is 0.493 e. The maximum absolute atomic E-state index is 14.6. The zero-order chi connectivity index (χ0) is 26.5. The zero-order valence-electron chi connectivity index (χ0n) is 19.7. The minimum Gasteiger partial charge on any atom is -0.493 e. The minimum atomic E-state index is -4.90. The van der Waals surface area contributed by atoms with Crippen molar-refractivity contribution in [3.05, 3.63) is 56.5 Å². The number of halogens is 5. The standard InChI is InChI=1S/C23H24F5NO6/c1-9-13(11-7-8-12(24)15(25)19(11)33-5)20(35-22(9,3)23(26,27)28)16-14(21(31)34-6)17(30)18(32-4)10(2)29-16/h7-9,13,20H,1-6H3,(H,29,30)/t9-,13-,20+,22+/m0/s1. The van der Waals surface area contributed by atoms with Crippen molar-refractivity contribution in [1.29, 1.82) is 0 Å². The van der Waals surface area contributed by atoms with Crippen molar-refractivity contribution in [1.82, 2.24) is 4.98 Å². The molecule has 0 radical (unpaired) electrons. The van der Waals surface area contributed by atoms with Gasteiger partial charge in [0.2, 0.25) is 11.2 Å². The number of benzene rings is 1. The first-order chi connectivity index (χ1) is 16.2. The number of methoxy groups -OCH3 is 3. The Bertz CT molecular complexity index is 1210. The van der Waals surface area contributed by atoms with Crippen molar-refractivity contribution >= 4 is 5.97 Å². The number of alkyl halides is 3. The fourth-order valence-electron chi connectivity index (χ4n) is 4.55. The molecule has 1 aromatic carbocycles. The number of hydrogen-bond donors (Lipinski definition) is 1. The van der Waals surface area contributed by atoms with Crippen LogP contribution in [0.1, 0.15) is 53.2 Å². The Hall–Kier alpha value is -3.15. The van der Waals surface area contributed by atoms with Gasteiger partial charge < -0.3 is 23.9 Å². The number of hydrogen-bond acceptors (Lipinski definition) is 6. The molecule has 0 amide bonds. The summed E-state index contributed by atoms with van der Waals surface area (Å²) < 4.78 is 91.5. The summed E-state index contributed by atoms with van der Waals surface area (Å²) in [7, 11) is 3.22. The number of carbonyl (C=O) groups is 1. The number of esters is 1. The third-order valence-electron chi connectivity index (χ3n) is 6.56. The molecule has 0 bridgehead atoms. The van der Waals surface area contributed by atoms with Crippen LogP contribution in [-0.4, -0.2) is 44.1 Å². The van der Waals surface area contributed by atoms with Gasteiger partial charge >= 0.3 is 12.1 Å². The topological polar surface area (TPSA) is 86.8 Å². The fourth-order valence-corrected chi connectivity index (χ4v) is 4.55. The number of nitrogens with one attached hydrogen (secondary N) is 1. The van der Waals surface area contributed by atoms with E-state index in [1.54, 1.807) is 0 Å². The summed E-state index contributed by atoms with van der Waals surface area (Å²) >= 11 is 0. The first-order valence-corrected chi connectivity index (χ1v) is 10.4. The summed E-state index contributed by atoms with van der Waals surface area (Å²) in [6.07, 6.45) is -6.54. The Morgan fingerprint density at radius 3 is 2.23 bits per heavy atom. The summed E-state index contributed by atoms with van der Waals surface area (Å²) in [6, 6.07) is 1.84. The van der Waals surface area contributed by atoms with Crippen LogP contribution in [0, 0.1) is 24.5 Å². The molecule has 12 heteroatoms. The van der Waals surface area contributed by atoms with E-state index in [-0.39, 0.29) is 22.7 Å². The highest BCUT2D eigenvalue weighted by Crippen LogP contribution is 2.59. The van der Waals surface area contributed by atoms with Crippen LogP contribution in [0.4, 0.5) is 22.0 Å². The van der Waals surface area contributed by atoms with Gasteiger partial charge in [0.15, 0.2) is 22.9 Å². The van der Waals surface area contributed by atoms with Gasteiger partial charge in [-0.1, -0.05) is 13.0 Å². The molecule has 0 unspecified atom stereocenters. The number of aromatic nitrogens is 1. The molecule has 1 fully saturated rings. The first-order valence-electron chi connectivity index (χ1n) is 10.4. The van der Waals surface area contributed by atoms with Gasteiger partial charge in [-0.05, 0) is 19.9 Å². The van der Waals surface area contributed by atoms with Crippen LogP contribution in [0.2, 0.25) is 0 Å². The van der Waals surface area contributed by atoms with Gasteiger partial charge in [0.1, 0.15) is 11.7 Å². The highest BCUT2D eigenvalue weighted by atomic mass is 19.4. The van der Waals surface area contributed by atoms with E-state index >= 15 is 0 Å². The molecule has 3 rings (SSSR count). The number of aromatic amines is 1. The molecule has 1 aliphatic rings. The summed E-state index contributed by atoms with van der Waals surface area (Å²) in [5.41, 5.74) is -4.72. The average molecular weight is 505 g/mol. The zero-order valence-corrected chi connectivity index (χ0v) is 19.7. The van der Waals surface area contributed by atoms with E-state index in [1.807, 2.05) is 0 Å². The van der Waals surface area contributed by atoms with Crippen LogP contribution in [0.5, 0.6) is 11.5 Å². The second kappa shape index (κ2) is 9.14. The summed E-state index contributed by atoms with van der Waals surface area (Å²) in [5.74, 6) is -7.41. The highest BCUT2D eigenvalue weighted by molar-refractivity contribution is 5.91. The van der Waals surface area contributed by atoms with E-state index in [2.05, 4.69) is 4.98 Å². The monoisotopic (exact) mass is 505 g/mol. The van der Waals surface area contributed by atoms with Crippen LogP contribution < -0.4 is 14.9 Å². The van der Waals surface area contributed by atoms with Crippen molar-refractivity contribution in [3.63, 3.8) is 0 Å². The lowest BCUT2D eigenvalue weighted by Crippen LogP contribution is -2.46. The molecule has 2 heterocycles. The molecule has 4 atom stereocenters. The molecule has 2 aromatic rings. The Morgan fingerprint density at radius 2 is 1.71 bits per heavy atom. The molecule has 192 valence electrons. The van der Waals surface area contributed by atoms with E-state index in [1.165, 1.54) is 21.0 Å². The van der Waals surface area contributed by atoms with Crippen LogP contribution in [0.25, 0.3) is 0 Å². The van der Waals surface area contributed by atoms with E-state index in [9.17, 15) is 31.5 Å². The number of pyridine rings is 1. The molecule has 1 saturated heterocycles. The molecule has 1 aliphatic heterocycles. The quantitative estimate of drug-likeness (QED) is 0.473. The van der Waals surface area contributed by atoms with Gasteiger partial charge in [0.05, 0.1) is 32.7 Å². The lowest BCUT2D eigenvalue weighted by molar-refractivity contribution is -0.275. The third kappa shape index (κ3) is 4.03. The van der Waals surface area contributed by atoms with Crippen LogP contribution in [-0.2, 0) is 9.47 Å². The normalized spacial score (nSPS) is 24.4. The lowest BCUT2D eigenvalue weighted by atomic mass is 9.76. The van der Waals surface area contributed by atoms with Gasteiger partial charge in [-0.3, -0.25) is 4.79 Å². The van der Waals surface area contributed by atoms with Crippen molar-refractivity contribution in [3.8, 4) is 11.5 Å². The average Bonchev–Trinajstić information content (AvgIpc) is 3.06. The molecule has 35 heavy (non-hydrogen) atoms. The molecule has 0 spiro atoms. The van der Waals surface area contributed by atoms with Gasteiger partial charge in [0, 0.05) is 17.4 Å². The number of aryl methyl sites for hydroxylation is 1. The van der Waals surface area contributed by atoms with E-state index < -0.39 is 64.1 Å². The van der Waals surface area contributed by atoms with Crippen molar-refractivity contribution in [2.24, 2.45) is 5.92 Å². The highest BCUT2D eigenvalue weighted by Gasteiger charge is 2.65. The third-order valence-corrected chi connectivity index (χ3v) is 6.56. The van der Waals surface area contributed by atoms with Gasteiger partial charge in [0.25, 0.3) is 0 Å². The van der Waals surface area contributed by atoms with Crippen molar-refractivity contribution in [2.45, 2.75) is 44.6 Å². The summed E-state index contributed by atoms with van der Waals surface area (Å²) in [5, 5.41) is 0. The Balaban J connectivity index is 2.40. The SMILES string of the molecule is COC(=O)c1c([C@@H]2O[C@@](C)(C(F)(F)F)[C@@H](C)[C@H]2c2ccc(F)c(F)c2OC)[nH]c(C)c(OC)c1=O. The Labute approximate surface area is 197 Å². The molecular formula is C23H24F5NO6. The van der Waals surface area contributed by atoms with Crippen LogP contribution in [0.3, 0.4) is 0 Å². The molecule has 0 aliphatic carbocycles. The maximum atomic E-state index is 14.6. The van der Waals surface area contributed by atoms with Crippen LogP contribution >= 0.6 is 0 Å². The summed E-state index contributed by atoms with van der Waals surface area (Å²) in [4.78, 5) is 28.4. The van der Waals surface area contributed by atoms with Crippen LogP contribution in [0.15, 0.2) is 16.9 Å². The molecule has 0 saturated carbocycles. The minimum absolute atomic E-state index is 0.105. The first kappa shape index (κ1) is 26.5. The second-order valence-electron chi connectivity index (χ2n) is 8.33. The Morgan fingerprint density at radius 1 is 1.11 bits per heavy atom. The number of carbonyl (C=O) groups excluding carboxylic acids is 1. The number of ether oxygens (including phenoxy) is 4. The van der Waals surface area contributed by atoms with Gasteiger partial charge in [-0.2, -0.15) is 17.6 Å². The molecule has 1 N–H and O–H groups in total. The summed E-state index contributed by atoms with van der Waals surface area (Å²) in [6.45, 7) is 3.45. The van der Waals surface area contributed by atoms with Crippen molar-refractivity contribution < 1.29 is 45.7 Å². The predicted octanol–water partition coefficient (Wildman–Crippen LogP) is 4.58. The lowest BCUT2D eigenvalue weighted by Gasteiger charge is -2.32. The number of H-pyrrole nitrogens is 1. The second-order valence-corrected chi connectivity index (χ2v) is 8.33. The van der Waals surface area contributed by atoms with Crippen molar-refractivity contribution in [2.75, 3.05) is 21.3 Å². The molecular weight excluding hydrogens is 481 g/mol. The van der Waals surface area contributed by atoms with E-state index in [0.29, 0.717) is 0 Å². The number of rotatable bonds is 5. The smallest absolute Gasteiger partial charge is 0.417 e. The van der Waals surface area contributed by atoms with Gasteiger partial charge in [-0.15, -0.1) is 0 Å². The van der Waals surface area contributed by atoms with E-state index in [0.717, 1.165) is 33.3 Å². The maximum Gasteiger partial charge on any atom is 0.417 e. The van der Waals surface area contributed by atoms with E-state index in [4.69, 9.17) is 18.9 Å². The molecule has 7 nitrogen and oxygen atoms in total. The molecule has 1 aromatic heterocycles. The predicted molar refractivity (Wildman–Crippen MR) is 113 cm³/mol. The van der Waals surface area contributed by atoms with Gasteiger partial charge in [-0.25, -0.2) is 9.18 Å². The fraction of sp³-hybridized carbons (Fsp3) is 0.478. The Kier molecular flexibility index (Phi) is 6.91.